The fourth-order valence-corrected chi connectivity index (χ4v) is 2.15. The molecule has 1 saturated heterocycles. The average Bonchev–Trinajstić information content (AvgIpc) is 2.12. The number of carbonyl (C=O) groups is 1. The summed E-state index contributed by atoms with van der Waals surface area (Å²) in [6, 6.07) is 0. The summed E-state index contributed by atoms with van der Waals surface area (Å²) in [5.41, 5.74) is -0.382. The minimum atomic E-state index is -0.376. The zero-order valence-corrected chi connectivity index (χ0v) is 11.6. The Morgan fingerprint density at radius 3 is 2.53 bits per heavy atom. The van der Waals surface area contributed by atoms with Gasteiger partial charge in [0.05, 0.1) is 18.3 Å². The molecule has 0 aliphatic carbocycles. The van der Waals surface area contributed by atoms with Gasteiger partial charge in [-0.05, 0) is 19.3 Å². The van der Waals surface area contributed by atoms with E-state index in [2.05, 4.69) is 20.8 Å². The molecule has 1 rings (SSSR count). The van der Waals surface area contributed by atoms with Crippen LogP contribution in [0.4, 0.5) is 0 Å². The van der Waals surface area contributed by atoms with Crippen LogP contribution in [0.5, 0.6) is 0 Å². The van der Waals surface area contributed by atoms with E-state index in [0.717, 1.165) is 0 Å². The molecule has 0 aromatic rings. The van der Waals surface area contributed by atoms with Gasteiger partial charge in [0.25, 0.3) is 0 Å². The van der Waals surface area contributed by atoms with Gasteiger partial charge in [0.15, 0.2) is 0 Å². The van der Waals surface area contributed by atoms with Gasteiger partial charge in [0.2, 0.25) is 5.91 Å². The van der Waals surface area contributed by atoms with Gasteiger partial charge in [-0.2, -0.15) is 0 Å². The topological polar surface area (TPSA) is 49.8 Å². The van der Waals surface area contributed by atoms with Crippen molar-refractivity contribution in [2.75, 3.05) is 19.7 Å². The van der Waals surface area contributed by atoms with Crippen LogP contribution in [0.2, 0.25) is 0 Å². The fraction of sp³-hybridized carbons (Fsp3) is 0.923. The zero-order valence-electron chi connectivity index (χ0n) is 11.6. The highest BCUT2D eigenvalue weighted by atomic mass is 16.5. The van der Waals surface area contributed by atoms with E-state index in [9.17, 15) is 9.90 Å². The molecular formula is C13H25NO3. The average molecular weight is 243 g/mol. The van der Waals surface area contributed by atoms with E-state index in [1.807, 2.05) is 18.7 Å². The Kier molecular flexibility index (Phi) is 4.20. The predicted octanol–water partition coefficient (Wildman–Crippen LogP) is 1.42. The van der Waals surface area contributed by atoms with Crippen LogP contribution in [-0.2, 0) is 9.53 Å². The maximum atomic E-state index is 12.2. The van der Waals surface area contributed by atoms with Crippen molar-refractivity contribution in [3.05, 3.63) is 0 Å². The van der Waals surface area contributed by atoms with Gasteiger partial charge in [-0.3, -0.25) is 4.79 Å². The minimum absolute atomic E-state index is 0.00571. The van der Waals surface area contributed by atoms with Crippen molar-refractivity contribution in [1.82, 2.24) is 4.90 Å². The molecule has 4 heteroatoms. The molecule has 0 bridgehead atoms. The van der Waals surface area contributed by atoms with Crippen molar-refractivity contribution in [3.8, 4) is 0 Å². The SMILES string of the molecule is CC(C)(C)CC(=O)N1CC(CO)OC(C)(C)C1. The molecule has 4 nitrogen and oxygen atoms in total. The summed E-state index contributed by atoms with van der Waals surface area (Å²) in [5.74, 6) is 0.146. The minimum Gasteiger partial charge on any atom is -0.394 e. The Morgan fingerprint density at radius 1 is 1.47 bits per heavy atom. The number of morpholine rings is 1. The normalized spacial score (nSPS) is 24.8. The third-order valence-corrected chi connectivity index (χ3v) is 2.72. The van der Waals surface area contributed by atoms with Crippen molar-refractivity contribution < 1.29 is 14.6 Å². The van der Waals surface area contributed by atoms with Crippen LogP contribution in [0.1, 0.15) is 41.0 Å². The van der Waals surface area contributed by atoms with Crippen LogP contribution >= 0.6 is 0 Å². The van der Waals surface area contributed by atoms with Crippen LogP contribution in [0.3, 0.4) is 0 Å². The first-order valence-corrected chi connectivity index (χ1v) is 6.19. The quantitative estimate of drug-likeness (QED) is 0.798. The molecule has 0 radical (unpaired) electrons. The standard InChI is InChI=1S/C13H25NO3/c1-12(2,3)6-11(16)14-7-10(8-15)17-13(4,5)9-14/h10,15H,6-9H2,1-5H3. The Morgan fingerprint density at radius 2 is 2.06 bits per heavy atom. The molecule has 1 heterocycles. The van der Waals surface area contributed by atoms with Gasteiger partial charge < -0.3 is 14.7 Å². The first-order valence-electron chi connectivity index (χ1n) is 6.19. The summed E-state index contributed by atoms with van der Waals surface area (Å²) in [7, 11) is 0. The first kappa shape index (κ1) is 14.5. The lowest BCUT2D eigenvalue weighted by Crippen LogP contribution is -2.55. The van der Waals surface area contributed by atoms with Gasteiger partial charge in [0, 0.05) is 19.5 Å². The third kappa shape index (κ3) is 4.64. The number of ether oxygens (including phenoxy) is 1. The van der Waals surface area contributed by atoms with Crippen molar-refractivity contribution in [2.24, 2.45) is 5.41 Å². The van der Waals surface area contributed by atoms with Gasteiger partial charge in [-0.15, -0.1) is 0 Å². The molecule has 0 saturated carbocycles. The lowest BCUT2D eigenvalue weighted by atomic mass is 9.91. The van der Waals surface area contributed by atoms with Crippen molar-refractivity contribution in [2.45, 2.75) is 52.7 Å². The van der Waals surface area contributed by atoms with Gasteiger partial charge in [0.1, 0.15) is 0 Å². The number of aliphatic hydroxyl groups is 1. The molecule has 1 aliphatic rings. The van der Waals surface area contributed by atoms with Crippen molar-refractivity contribution in [3.63, 3.8) is 0 Å². The molecule has 1 atom stereocenters. The van der Waals surface area contributed by atoms with E-state index in [1.54, 1.807) is 0 Å². The Labute approximate surface area is 104 Å². The number of carbonyl (C=O) groups excluding carboxylic acids is 1. The highest BCUT2D eigenvalue weighted by molar-refractivity contribution is 5.77. The second kappa shape index (κ2) is 4.94. The largest absolute Gasteiger partial charge is 0.394 e. The summed E-state index contributed by atoms with van der Waals surface area (Å²) in [6.45, 7) is 11.1. The molecule has 1 aliphatic heterocycles. The van der Waals surface area contributed by atoms with E-state index in [1.165, 1.54) is 0 Å². The number of hydrogen-bond donors (Lipinski definition) is 1. The highest BCUT2D eigenvalue weighted by Crippen LogP contribution is 2.25. The molecule has 100 valence electrons. The summed E-state index contributed by atoms with van der Waals surface area (Å²) >= 11 is 0. The monoisotopic (exact) mass is 243 g/mol. The van der Waals surface area contributed by atoms with E-state index in [4.69, 9.17) is 4.74 Å². The number of amides is 1. The summed E-state index contributed by atoms with van der Waals surface area (Å²) in [4.78, 5) is 14.0. The molecule has 0 aromatic heterocycles. The van der Waals surface area contributed by atoms with Crippen LogP contribution in [0, 0.1) is 5.41 Å². The second-order valence-electron chi connectivity index (χ2n) is 6.69. The van der Waals surface area contributed by atoms with E-state index in [0.29, 0.717) is 19.5 Å². The fourth-order valence-electron chi connectivity index (χ4n) is 2.15. The van der Waals surface area contributed by atoms with Crippen LogP contribution in [-0.4, -0.2) is 47.3 Å². The number of aliphatic hydroxyl groups excluding tert-OH is 1. The molecule has 0 aromatic carbocycles. The predicted molar refractivity (Wildman–Crippen MR) is 66.7 cm³/mol. The Balaban J connectivity index is 2.67. The summed E-state index contributed by atoms with van der Waals surface area (Å²) in [6.07, 6.45) is 0.268. The first-order chi connectivity index (χ1) is 7.63. The van der Waals surface area contributed by atoms with E-state index in [-0.39, 0.29) is 29.6 Å². The summed E-state index contributed by atoms with van der Waals surface area (Å²) < 4.78 is 5.69. The maximum Gasteiger partial charge on any atom is 0.223 e. The number of nitrogens with zero attached hydrogens (tertiary/aromatic N) is 1. The van der Waals surface area contributed by atoms with E-state index < -0.39 is 0 Å². The van der Waals surface area contributed by atoms with Crippen molar-refractivity contribution in [1.29, 1.82) is 0 Å². The maximum absolute atomic E-state index is 12.2. The lowest BCUT2D eigenvalue weighted by molar-refractivity contribution is -0.168. The molecule has 0 spiro atoms. The van der Waals surface area contributed by atoms with Crippen LogP contribution in [0.25, 0.3) is 0 Å². The zero-order chi connectivity index (χ0) is 13.3. The van der Waals surface area contributed by atoms with Crippen molar-refractivity contribution >= 4 is 5.91 Å². The molecule has 1 unspecified atom stereocenters. The molecule has 17 heavy (non-hydrogen) atoms. The second-order valence-corrected chi connectivity index (χ2v) is 6.69. The van der Waals surface area contributed by atoms with Gasteiger partial charge in [-0.25, -0.2) is 0 Å². The van der Waals surface area contributed by atoms with Crippen LogP contribution < -0.4 is 0 Å². The number of rotatable bonds is 2. The third-order valence-electron chi connectivity index (χ3n) is 2.72. The molecule has 1 amide bonds. The Hall–Kier alpha value is -0.610. The lowest BCUT2D eigenvalue weighted by Gasteiger charge is -2.43. The van der Waals surface area contributed by atoms with Gasteiger partial charge in [-0.1, -0.05) is 20.8 Å². The molecule has 1 N–H and O–H groups in total. The highest BCUT2D eigenvalue weighted by Gasteiger charge is 2.35. The van der Waals surface area contributed by atoms with Gasteiger partial charge >= 0.3 is 0 Å². The van der Waals surface area contributed by atoms with Crippen LogP contribution in [0.15, 0.2) is 0 Å². The summed E-state index contributed by atoms with van der Waals surface area (Å²) in [5, 5.41) is 9.19. The Bertz CT molecular complexity index is 281. The molecule has 1 fully saturated rings. The van der Waals surface area contributed by atoms with E-state index >= 15 is 0 Å². The smallest absolute Gasteiger partial charge is 0.223 e. The number of hydrogen-bond acceptors (Lipinski definition) is 3. The molecular weight excluding hydrogens is 218 g/mol.